The molecule has 1 atom stereocenters. The van der Waals surface area contributed by atoms with Gasteiger partial charge in [0, 0.05) is 0 Å². The monoisotopic (exact) mass is 314 g/mol. The molecule has 4 nitrogen and oxygen atoms in total. The molecule has 0 fully saturated rings. The minimum atomic E-state index is -1.30. The van der Waals surface area contributed by atoms with Gasteiger partial charge < -0.3 is 14.6 Å². The Morgan fingerprint density at radius 2 is 1.74 bits per heavy atom. The minimum Gasteiger partial charge on any atom is -0.489 e. The Hall–Kier alpha value is -2.33. The number of carbonyl (C=O) groups is 1. The molecular weight excluding hydrogens is 292 g/mol. The van der Waals surface area contributed by atoms with Crippen LogP contribution in [0.15, 0.2) is 36.4 Å². The van der Waals surface area contributed by atoms with Crippen molar-refractivity contribution in [3.05, 3.63) is 64.2 Å². The predicted octanol–water partition coefficient (Wildman–Crippen LogP) is 3.40. The average Bonchev–Trinajstić information content (AvgIpc) is 2.55. The van der Waals surface area contributed by atoms with Gasteiger partial charge in [-0.15, -0.1) is 0 Å². The van der Waals surface area contributed by atoms with E-state index in [-0.39, 0.29) is 6.61 Å². The highest BCUT2D eigenvalue weighted by Gasteiger charge is 2.21. The number of hydrogen-bond donors (Lipinski definition) is 1. The molecular formula is C19H22O4. The molecule has 0 saturated carbocycles. The first-order chi connectivity index (χ1) is 10.9. The summed E-state index contributed by atoms with van der Waals surface area (Å²) in [7, 11) is 1.25. The third kappa shape index (κ3) is 3.90. The fraction of sp³-hybridized carbons (Fsp3) is 0.316. The predicted molar refractivity (Wildman–Crippen MR) is 88.4 cm³/mol. The van der Waals surface area contributed by atoms with Crippen LogP contribution in [0.5, 0.6) is 5.75 Å². The SMILES string of the molecule is COC(=O)C(O)c1ccccc1COc1cc(C)c(C)cc1C. The summed E-state index contributed by atoms with van der Waals surface area (Å²) < 4.78 is 10.5. The molecule has 0 amide bonds. The summed E-state index contributed by atoms with van der Waals surface area (Å²) in [5, 5.41) is 10.1. The number of aliphatic hydroxyl groups is 1. The van der Waals surface area contributed by atoms with Gasteiger partial charge in [0.1, 0.15) is 12.4 Å². The van der Waals surface area contributed by atoms with Crippen LogP contribution in [-0.4, -0.2) is 18.2 Å². The molecule has 0 spiro atoms. The van der Waals surface area contributed by atoms with E-state index in [2.05, 4.69) is 17.7 Å². The van der Waals surface area contributed by atoms with Crippen LogP contribution in [0.3, 0.4) is 0 Å². The number of methoxy groups -OCH3 is 1. The van der Waals surface area contributed by atoms with Gasteiger partial charge in [0.25, 0.3) is 0 Å². The Kier molecular flexibility index (Phi) is 5.40. The second kappa shape index (κ2) is 7.29. The number of hydrogen-bond acceptors (Lipinski definition) is 4. The van der Waals surface area contributed by atoms with Crippen molar-refractivity contribution in [2.24, 2.45) is 0 Å². The molecule has 23 heavy (non-hydrogen) atoms. The number of aliphatic hydroxyl groups excluding tert-OH is 1. The fourth-order valence-electron chi connectivity index (χ4n) is 2.42. The molecule has 2 aromatic rings. The lowest BCUT2D eigenvalue weighted by Crippen LogP contribution is -2.16. The van der Waals surface area contributed by atoms with Gasteiger partial charge >= 0.3 is 5.97 Å². The van der Waals surface area contributed by atoms with Gasteiger partial charge in [-0.1, -0.05) is 30.3 Å². The molecule has 0 radical (unpaired) electrons. The van der Waals surface area contributed by atoms with E-state index in [4.69, 9.17) is 4.74 Å². The molecule has 0 aliphatic carbocycles. The van der Waals surface area contributed by atoms with Crippen molar-refractivity contribution < 1.29 is 19.4 Å². The standard InChI is InChI=1S/C19H22O4/c1-12-9-14(3)17(10-13(12)2)23-11-15-7-5-6-8-16(15)18(20)19(21)22-4/h5-10,18,20H,11H2,1-4H3. The van der Waals surface area contributed by atoms with Gasteiger partial charge in [-0.05, 0) is 54.7 Å². The van der Waals surface area contributed by atoms with Gasteiger partial charge in [0.15, 0.2) is 6.10 Å². The van der Waals surface area contributed by atoms with Crippen LogP contribution >= 0.6 is 0 Å². The molecule has 1 N–H and O–H groups in total. The number of esters is 1. The maximum atomic E-state index is 11.6. The number of carbonyl (C=O) groups excluding carboxylic acids is 1. The van der Waals surface area contributed by atoms with Crippen molar-refractivity contribution in [1.82, 2.24) is 0 Å². The normalized spacial score (nSPS) is 11.9. The molecule has 0 aliphatic heterocycles. The molecule has 122 valence electrons. The maximum absolute atomic E-state index is 11.6. The zero-order valence-corrected chi connectivity index (χ0v) is 13.9. The van der Waals surface area contributed by atoms with E-state index >= 15 is 0 Å². The van der Waals surface area contributed by atoms with Crippen LogP contribution < -0.4 is 4.74 Å². The molecule has 2 rings (SSSR count). The largest absolute Gasteiger partial charge is 0.489 e. The lowest BCUT2D eigenvalue weighted by atomic mass is 10.0. The lowest BCUT2D eigenvalue weighted by Gasteiger charge is -2.16. The second-order valence-corrected chi connectivity index (χ2v) is 5.62. The summed E-state index contributed by atoms with van der Waals surface area (Å²) in [6, 6.07) is 11.2. The fourth-order valence-corrected chi connectivity index (χ4v) is 2.42. The molecule has 2 aromatic carbocycles. The van der Waals surface area contributed by atoms with E-state index in [1.165, 1.54) is 12.7 Å². The van der Waals surface area contributed by atoms with Crippen LogP contribution in [0.2, 0.25) is 0 Å². The maximum Gasteiger partial charge on any atom is 0.339 e. The molecule has 0 saturated heterocycles. The van der Waals surface area contributed by atoms with Crippen molar-refractivity contribution >= 4 is 5.97 Å². The van der Waals surface area contributed by atoms with E-state index in [0.717, 1.165) is 22.4 Å². The number of rotatable bonds is 5. The Bertz CT molecular complexity index is 707. The first-order valence-corrected chi connectivity index (χ1v) is 7.48. The zero-order chi connectivity index (χ0) is 17.0. The van der Waals surface area contributed by atoms with Crippen LogP contribution in [-0.2, 0) is 16.1 Å². The zero-order valence-electron chi connectivity index (χ0n) is 13.9. The summed E-state index contributed by atoms with van der Waals surface area (Å²) in [4.78, 5) is 11.6. The lowest BCUT2D eigenvalue weighted by molar-refractivity contribution is -0.150. The molecule has 4 heteroatoms. The van der Waals surface area contributed by atoms with Gasteiger partial charge in [0.2, 0.25) is 0 Å². The Balaban J connectivity index is 2.22. The first-order valence-electron chi connectivity index (χ1n) is 7.48. The van der Waals surface area contributed by atoms with E-state index in [0.29, 0.717) is 5.56 Å². The van der Waals surface area contributed by atoms with Gasteiger partial charge in [-0.2, -0.15) is 0 Å². The average molecular weight is 314 g/mol. The second-order valence-electron chi connectivity index (χ2n) is 5.62. The van der Waals surface area contributed by atoms with E-state index in [1.807, 2.05) is 32.0 Å². The Morgan fingerprint density at radius 1 is 1.09 bits per heavy atom. The molecule has 1 unspecified atom stereocenters. The van der Waals surface area contributed by atoms with E-state index in [1.54, 1.807) is 12.1 Å². The van der Waals surface area contributed by atoms with Crippen LogP contribution in [0.1, 0.15) is 33.9 Å². The molecule has 0 heterocycles. The van der Waals surface area contributed by atoms with Crippen molar-refractivity contribution in [3.8, 4) is 5.75 Å². The Labute approximate surface area is 136 Å². The highest BCUT2D eigenvalue weighted by atomic mass is 16.5. The van der Waals surface area contributed by atoms with Gasteiger partial charge in [-0.3, -0.25) is 0 Å². The summed E-state index contributed by atoms with van der Waals surface area (Å²) in [5.41, 5.74) is 4.69. The molecule has 0 aliphatic rings. The number of benzene rings is 2. The van der Waals surface area contributed by atoms with Crippen molar-refractivity contribution in [1.29, 1.82) is 0 Å². The van der Waals surface area contributed by atoms with Crippen molar-refractivity contribution in [3.63, 3.8) is 0 Å². The minimum absolute atomic E-state index is 0.271. The smallest absolute Gasteiger partial charge is 0.339 e. The van der Waals surface area contributed by atoms with Gasteiger partial charge in [0.05, 0.1) is 7.11 Å². The van der Waals surface area contributed by atoms with Crippen LogP contribution in [0.4, 0.5) is 0 Å². The summed E-state index contributed by atoms with van der Waals surface area (Å²) in [6.45, 7) is 6.37. The van der Waals surface area contributed by atoms with Crippen LogP contribution in [0, 0.1) is 20.8 Å². The van der Waals surface area contributed by atoms with E-state index < -0.39 is 12.1 Å². The van der Waals surface area contributed by atoms with E-state index in [9.17, 15) is 9.90 Å². The van der Waals surface area contributed by atoms with Crippen LogP contribution in [0.25, 0.3) is 0 Å². The van der Waals surface area contributed by atoms with Crippen molar-refractivity contribution in [2.45, 2.75) is 33.5 Å². The molecule has 0 bridgehead atoms. The number of aryl methyl sites for hydroxylation is 3. The first kappa shape index (κ1) is 17.0. The highest BCUT2D eigenvalue weighted by molar-refractivity contribution is 5.76. The Morgan fingerprint density at radius 3 is 2.43 bits per heavy atom. The molecule has 0 aromatic heterocycles. The summed E-state index contributed by atoms with van der Waals surface area (Å²) >= 11 is 0. The van der Waals surface area contributed by atoms with Crippen molar-refractivity contribution in [2.75, 3.05) is 7.11 Å². The quantitative estimate of drug-likeness (QED) is 0.859. The summed E-state index contributed by atoms with van der Waals surface area (Å²) in [5.74, 6) is 0.121. The number of ether oxygens (including phenoxy) is 2. The highest BCUT2D eigenvalue weighted by Crippen LogP contribution is 2.25. The third-order valence-electron chi connectivity index (χ3n) is 3.95. The summed E-state index contributed by atoms with van der Waals surface area (Å²) in [6.07, 6.45) is -1.30. The van der Waals surface area contributed by atoms with Gasteiger partial charge in [-0.25, -0.2) is 4.79 Å². The topological polar surface area (TPSA) is 55.8 Å². The third-order valence-corrected chi connectivity index (χ3v) is 3.95.